The number of hydrogen-bond donors (Lipinski definition) is 1. The third-order valence-electron chi connectivity index (χ3n) is 4.53. The summed E-state index contributed by atoms with van der Waals surface area (Å²) in [5.41, 5.74) is 1.48. The van der Waals surface area contributed by atoms with Crippen LogP contribution >= 0.6 is 22.6 Å². The first-order valence-corrected chi connectivity index (χ1v) is 8.81. The predicted molar refractivity (Wildman–Crippen MR) is 91.3 cm³/mol. The summed E-state index contributed by atoms with van der Waals surface area (Å²) in [6, 6.07) is 9.65. The molecule has 1 fully saturated rings. The van der Waals surface area contributed by atoms with Crippen LogP contribution in [-0.4, -0.2) is 6.54 Å². The van der Waals surface area contributed by atoms with Crippen molar-refractivity contribution in [2.24, 2.45) is 11.8 Å². The zero-order valence-electron chi connectivity index (χ0n) is 12.2. The molecule has 1 aromatic carbocycles. The molecule has 106 valence electrons. The summed E-state index contributed by atoms with van der Waals surface area (Å²) in [7, 11) is 0. The summed E-state index contributed by atoms with van der Waals surface area (Å²) in [6.45, 7) is 5.63. The van der Waals surface area contributed by atoms with Crippen molar-refractivity contribution in [3.8, 4) is 0 Å². The van der Waals surface area contributed by atoms with E-state index in [0.29, 0.717) is 6.04 Å². The Balaban J connectivity index is 2.12. The van der Waals surface area contributed by atoms with Gasteiger partial charge in [-0.15, -0.1) is 0 Å². The zero-order chi connectivity index (χ0) is 13.7. The molecular formula is C17H26IN. The largest absolute Gasteiger partial charge is 0.310 e. The van der Waals surface area contributed by atoms with Crippen LogP contribution in [0.25, 0.3) is 0 Å². The Labute approximate surface area is 131 Å². The van der Waals surface area contributed by atoms with E-state index >= 15 is 0 Å². The maximum absolute atomic E-state index is 3.73. The SMILES string of the molecule is CCNC(c1ccc(I)cc1)C1CCCC(CC)C1. The third kappa shape index (κ3) is 4.19. The third-order valence-corrected chi connectivity index (χ3v) is 5.24. The molecule has 0 heterocycles. The van der Waals surface area contributed by atoms with Crippen molar-refractivity contribution in [1.82, 2.24) is 5.32 Å². The van der Waals surface area contributed by atoms with Crippen LogP contribution in [0, 0.1) is 15.4 Å². The van der Waals surface area contributed by atoms with Crippen LogP contribution in [0.2, 0.25) is 0 Å². The molecule has 2 heteroatoms. The molecule has 1 N–H and O–H groups in total. The Morgan fingerprint density at radius 2 is 1.95 bits per heavy atom. The van der Waals surface area contributed by atoms with E-state index in [1.807, 2.05) is 0 Å². The summed E-state index contributed by atoms with van der Waals surface area (Å²) in [5.74, 6) is 1.77. The molecule has 3 atom stereocenters. The Morgan fingerprint density at radius 1 is 1.21 bits per heavy atom. The van der Waals surface area contributed by atoms with E-state index in [9.17, 15) is 0 Å². The van der Waals surface area contributed by atoms with Crippen molar-refractivity contribution in [2.45, 2.75) is 52.0 Å². The Bertz CT molecular complexity index is 373. The number of hydrogen-bond acceptors (Lipinski definition) is 1. The second-order valence-corrected chi connectivity index (χ2v) is 7.03. The number of nitrogens with one attached hydrogen (secondary N) is 1. The van der Waals surface area contributed by atoms with Gasteiger partial charge in [0, 0.05) is 9.61 Å². The van der Waals surface area contributed by atoms with Gasteiger partial charge in [0.1, 0.15) is 0 Å². The molecule has 1 aliphatic carbocycles. The summed E-state index contributed by atoms with van der Waals surface area (Å²) in [4.78, 5) is 0. The molecule has 19 heavy (non-hydrogen) atoms. The highest BCUT2D eigenvalue weighted by Crippen LogP contribution is 2.38. The lowest BCUT2D eigenvalue weighted by molar-refractivity contribution is 0.210. The van der Waals surface area contributed by atoms with E-state index in [4.69, 9.17) is 0 Å². The van der Waals surface area contributed by atoms with Gasteiger partial charge in [0.2, 0.25) is 0 Å². The molecule has 0 aromatic heterocycles. The zero-order valence-corrected chi connectivity index (χ0v) is 14.3. The highest BCUT2D eigenvalue weighted by atomic mass is 127. The maximum atomic E-state index is 3.73. The van der Waals surface area contributed by atoms with Gasteiger partial charge in [0.25, 0.3) is 0 Å². The van der Waals surface area contributed by atoms with Gasteiger partial charge in [-0.05, 0) is 71.5 Å². The van der Waals surface area contributed by atoms with Crippen molar-refractivity contribution < 1.29 is 0 Å². The van der Waals surface area contributed by atoms with Crippen molar-refractivity contribution in [2.75, 3.05) is 6.54 Å². The Morgan fingerprint density at radius 3 is 2.58 bits per heavy atom. The lowest BCUT2D eigenvalue weighted by Gasteiger charge is -2.35. The van der Waals surface area contributed by atoms with Gasteiger partial charge in [-0.3, -0.25) is 0 Å². The van der Waals surface area contributed by atoms with Crippen LogP contribution in [0.1, 0.15) is 57.6 Å². The first-order valence-electron chi connectivity index (χ1n) is 7.73. The van der Waals surface area contributed by atoms with Gasteiger partial charge in [-0.1, -0.05) is 45.2 Å². The molecule has 1 aromatic rings. The first-order chi connectivity index (χ1) is 9.24. The maximum Gasteiger partial charge on any atom is 0.0348 e. The first kappa shape index (κ1) is 15.3. The summed E-state index contributed by atoms with van der Waals surface area (Å²) in [6.07, 6.45) is 7.00. The van der Waals surface area contributed by atoms with Gasteiger partial charge in [0.15, 0.2) is 0 Å². The van der Waals surface area contributed by atoms with E-state index in [0.717, 1.165) is 18.4 Å². The normalized spacial score (nSPS) is 25.2. The van der Waals surface area contributed by atoms with Crippen molar-refractivity contribution in [1.29, 1.82) is 0 Å². The lowest BCUT2D eigenvalue weighted by Crippen LogP contribution is -2.31. The van der Waals surface area contributed by atoms with E-state index in [1.54, 1.807) is 0 Å². The van der Waals surface area contributed by atoms with Crippen molar-refractivity contribution in [3.63, 3.8) is 0 Å². The topological polar surface area (TPSA) is 12.0 Å². The van der Waals surface area contributed by atoms with Crippen LogP contribution < -0.4 is 5.32 Å². The molecule has 0 aliphatic heterocycles. The molecule has 0 spiro atoms. The molecule has 0 radical (unpaired) electrons. The fourth-order valence-electron chi connectivity index (χ4n) is 3.45. The molecule has 0 amide bonds. The molecule has 1 nitrogen and oxygen atoms in total. The summed E-state index contributed by atoms with van der Waals surface area (Å²) < 4.78 is 1.33. The van der Waals surface area contributed by atoms with Gasteiger partial charge in [-0.2, -0.15) is 0 Å². The standard InChI is InChI=1S/C17H26IN/c1-3-13-6-5-7-15(12-13)17(19-4-2)14-8-10-16(18)11-9-14/h8-11,13,15,17,19H,3-7,12H2,1-2H3. The van der Waals surface area contributed by atoms with Crippen LogP contribution in [0.3, 0.4) is 0 Å². The number of benzene rings is 1. The quantitative estimate of drug-likeness (QED) is 0.705. The molecular weight excluding hydrogens is 345 g/mol. The average Bonchev–Trinajstić information content (AvgIpc) is 2.46. The van der Waals surface area contributed by atoms with Crippen molar-refractivity contribution >= 4 is 22.6 Å². The van der Waals surface area contributed by atoms with Crippen LogP contribution in [-0.2, 0) is 0 Å². The monoisotopic (exact) mass is 371 g/mol. The van der Waals surface area contributed by atoms with Gasteiger partial charge in [-0.25, -0.2) is 0 Å². The van der Waals surface area contributed by atoms with Crippen LogP contribution in [0.15, 0.2) is 24.3 Å². The van der Waals surface area contributed by atoms with Gasteiger partial charge in [0.05, 0.1) is 0 Å². The predicted octanol–water partition coefficient (Wildman–Crippen LogP) is 5.16. The molecule has 1 aliphatic rings. The highest BCUT2D eigenvalue weighted by molar-refractivity contribution is 14.1. The van der Waals surface area contributed by atoms with E-state index in [2.05, 4.69) is 66.0 Å². The van der Waals surface area contributed by atoms with E-state index < -0.39 is 0 Å². The number of halogens is 1. The lowest BCUT2D eigenvalue weighted by atomic mass is 9.75. The Hall–Kier alpha value is -0.0900. The summed E-state index contributed by atoms with van der Waals surface area (Å²) in [5, 5.41) is 3.73. The van der Waals surface area contributed by atoms with E-state index in [-0.39, 0.29) is 0 Å². The molecule has 0 saturated heterocycles. The second-order valence-electron chi connectivity index (χ2n) is 5.79. The minimum Gasteiger partial charge on any atom is -0.310 e. The highest BCUT2D eigenvalue weighted by Gasteiger charge is 2.28. The summed E-state index contributed by atoms with van der Waals surface area (Å²) >= 11 is 2.38. The average molecular weight is 371 g/mol. The van der Waals surface area contributed by atoms with Crippen molar-refractivity contribution in [3.05, 3.63) is 33.4 Å². The van der Waals surface area contributed by atoms with Crippen LogP contribution in [0.4, 0.5) is 0 Å². The van der Waals surface area contributed by atoms with Gasteiger partial charge < -0.3 is 5.32 Å². The second kappa shape index (κ2) is 7.63. The minimum atomic E-state index is 0.552. The minimum absolute atomic E-state index is 0.552. The van der Waals surface area contributed by atoms with Gasteiger partial charge >= 0.3 is 0 Å². The number of rotatable bonds is 5. The molecule has 1 saturated carbocycles. The molecule has 2 rings (SSSR count). The van der Waals surface area contributed by atoms with Crippen LogP contribution in [0.5, 0.6) is 0 Å². The fourth-order valence-corrected chi connectivity index (χ4v) is 3.81. The fraction of sp³-hybridized carbons (Fsp3) is 0.647. The van der Waals surface area contributed by atoms with E-state index in [1.165, 1.54) is 41.2 Å². The molecule has 0 bridgehead atoms. The molecule has 3 unspecified atom stereocenters. The Kier molecular flexibility index (Phi) is 6.14. The smallest absolute Gasteiger partial charge is 0.0348 e.